The average molecular weight is 429 g/mol. The number of nitrogens with one attached hydrogen (secondary N) is 1. The van der Waals surface area contributed by atoms with E-state index in [0.29, 0.717) is 10.0 Å². The van der Waals surface area contributed by atoms with Crippen molar-refractivity contribution >= 4 is 65.9 Å². The Bertz CT molecular complexity index is 1250. The Labute approximate surface area is 171 Å². The molecule has 3 heterocycles. The van der Waals surface area contributed by atoms with Gasteiger partial charge in [-0.3, -0.25) is 20.2 Å². The van der Waals surface area contributed by atoms with E-state index in [2.05, 4.69) is 15.3 Å². The number of benzene rings is 1. The van der Waals surface area contributed by atoms with Crippen LogP contribution in [-0.2, 0) is 4.79 Å². The number of nitro groups is 1. The van der Waals surface area contributed by atoms with Gasteiger partial charge in [0.25, 0.3) is 11.6 Å². The second-order valence-electron chi connectivity index (χ2n) is 6.37. The third kappa shape index (κ3) is 2.93. The topological polar surface area (TPSA) is 98.0 Å². The number of amides is 1. The van der Waals surface area contributed by atoms with Crippen LogP contribution < -0.4 is 5.32 Å². The van der Waals surface area contributed by atoms with E-state index in [9.17, 15) is 14.9 Å². The van der Waals surface area contributed by atoms with Gasteiger partial charge in [-0.2, -0.15) is 0 Å². The molecule has 28 heavy (non-hydrogen) atoms. The summed E-state index contributed by atoms with van der Waals surface area (Å²) < 4.78 is 2.06. The lowest BCUT2D eigenvalue weighted by Gasteiger charge is -2.13. The van der Waals surface area contributed by atoms with Crippen LogP contribution in [0.25, 0.3) is 20.4 Å². The molecular weight excluding hydrogens is 416 g/mol. The van der Waals surface area contributed by atoms with E-state index in [4.69, 9.17) is 0 Å². The molecule has 0 radical (unpaired) electrons. The first-order valence-electron chi connectivity index (χ1n) is 8.39. The maximum atomic E-state index is 12.7. The molecule has 5 rings (SSSR count). The molecule has 1 aliphatic carbocycles. The van der Waals surface area contributed by atoms with Crippen LogP contribution in [0.1, 0.15) is 5.01 Å². The summed E-state index contributed by atoms with van der Waals surface area (Å²) in [5.41, 5.74) is 1.79. The third-order valence-electron chi connectivity index (χ3n) is 4.48. The number of nitrogens with zero attached hydrogens (tertiary/aromatic N) is 3. The number of thioether (sulfide) groups is 1. The quantitative estimate of drug-likeness (QED) is 0.487. The van der Waals surface area contributed by atoms with Gasteiger partial charge in [-0.15, -0.1) is 23.1 Å². The molecule has 0 bridgehead atoms. The van der Waals surface area contributed by atoms with Gasteiger partial charge in [0.05, 0.1) is 29.8 Å². The number of hydrogen-bond donors (Lipinski definition) is 1. The fourth-order valence-electron chi connectivity index (χ4n) is 3.24. The summed E-state index contributed by atoms with van der Waals surface area (Å²) in [6.45, 7) is 1.97. The molecule has 2 aromatic heterocycles. The van der Waals surface area contributed by atoms with Crippen LogP contribution in [0, 0.1) is 23.0 Å². The maximum Gasteiger partial charge on any atom is 0.265 e. The predicted molar refractivity (Wildman–Crippen MR) is 113 cm³/mol. The van der Waals surface area contributed by atoms with Crippen LogP contribution in [0.2, 0.25) is 0 Å². The highest BCUT2D eigenvalue weighted by Crippen LogP contribution is 2.42. The highest BCUT2D eigenvalue weighted by molar-refractivity contribution is 8.05. The van der Waals surface area contributed by atoms with Gasteiger partial charge < -0.3 is 0 Å². The van der Waals surface area contributed by atoms with Crippen LogP contribution in [-0.4, -0.2) is 26.0 Å². The minimum Gasteiger partial charge on any atom is -0.297 e. The molecule has 0 spiro atoms. The summed E-state index contributed by atoms with van der Waals surface area (Å²) in [6, 6.07) is 3.94. The monoisotopic (exact) mass is 428 g/mol. The zero-order valence-electron chi connectivity index (χ0n) is 14.4. The second-order valence-corrected chi connectivity index (χ2v) is 9.82. The molecule has 0 unspecified atom stereocenters. The van der Waals surface area contributed by atoms with E-state index in [1.165, 1.54) is 29.2 Å². The third-order valence-corrected chi connectivity index (χ3v) is 7.73. The van der Waals surface area contributed by atoms with Crippen LogP contribution in [0.5, 0.6) is 0 Å². The molecule has 1 aromatic carbocycles. The van der Waals surface area contributed by atoms with Crippen molar-refractivity contribution in [3.05, 3.63) is 62.2 Å². The molecule has 1 amide bonds. The number of aryl methyl sites for hydroxylation is 1. The first-order valence-corrected chi connectivity index (χ1v) is 10.9. The molecule has 0 saturated carbocycles. The predicted octanol–water partition coefficient (Wildman–Crippen LogP) is 4.50. The molecule has 0 saturated heterocycles. The Balaban J connectivity index is 1.40. The summed E-state index contributed by atoms with van der Waals surface area (Å²) in [4.78, 5) is 32.9. The van der Waals surface area contributed by atoms with Gasteiger partial charge >= 0.3 is 0 Å². The van der Waals surface area contributed by atoms with Crippen LogP contribution >= 0.6 is 34.4 Å². The van der Waals surface area contributed by atoms with Crippen molar-refractivity contribution in [3.8, 4) is 0 Å². The minimum absolute atomic E-state index is 0.0115. The Hall–Kier alpha value is -2.56. The normalized spacial score (nSPS) is 20.9. The molecule has 10 heteroatoms. The molecule has 1 N–H and O–H groups in total. The summed E-state index contributed by atoms with van der Waals surface area (Å²) in [6.07, 6.45) is 6.66. The Kier molecular flexibility index (Phi) is 4.07. The molecule has 0 fully saturated rings. The van der Waals surface area contributed by atoms with Crippen molar-refractivity contribution in [2.75, 3.05) is 5.32 Å². The number of aromatic nitrogens is 2. The fraction of sp³-hybridized carbons (Fsp3) is 0.167. The highest BCUT2D eigenvalue weighted by atomic mass is 32.2. The van der Waals surface area contributed by atoms with E-state index in [1.807, 2.05) is 19.1 Å². The molecule has 1 aliphatic heterocycles. The van der Waals surface area contributed by atoms with Crippen molar-refractivity contribution in [2.24, 2.45) is 5.92 Å². The van der Waals surface area contributed by atoms with Crippen molar-refractivity contribution in [1.29, 1.82) is 0 Å². The largest absolute Gasteiger partial charge is 0.297 e. The van der Waals surface area contributed by atoms with Gasteiger partial charge in [0.2, 0.25) is 0 Å². The van der Waals surface area contributed by atoms with Gasteiger partial charge in [-0.05, 0) is 19.1 Å². The SMILES string of the molecule is Cc1nc2c(ccc3nc(NC(=O)C4=C[C@H]5C=C([N+](=O)[O-])C=C[C@H]5S4)sc32)s1. The molecule has 3 aromatic rings. The van der Waals surface area contributed by atoms with Crippen LogP contribution in [0.3, 0.4) is 0 Å². The van der Waals surface area contributed by atoms with E-state index < -0.39 is 4.92 Å². The summed E-state index contributed by atoms with van der Waals surface area (Å²) in [5, 5.41) is 15.3. The fourth-order valence-corrected chi connectivity index (χ4v) is 6.25. The standard InChI is InChI=1S/C18H12N4O3S3/c1-8-19-15-13(26-8)5-3-11-16(15)28-18(20-11)21-17(23)14-7-9-6-10(22(24)25)2-4-12(9)27-14/h2-7,9,12H,1H3,(H,20,21,23)/t9-,12-/m1/s1. The number of carbonyl (C=O) groups is 1. The van der Waals surface area contributed by atoms with Gasteiger partial charge in [0, 0.05) is 23.3 Å². The first kappa shape index (κ1) is 17.5. The number of carbonyl (C=O) groups excluding carboxylic acids is 1. The van der Waals surface area contributed by atoms with Gasteiger partial charge in [-0.25, -0.2) is 9.97 Å². The highest BCUT2D eigenvalue weighted by Gasteiger charge is 2.33. The molecular formula is C18H12N4O3S3. The number of hydrogen-bond acceptors (Lipinski definition) is 8. The molecule has 2 aliphatic rings. The summed E-state index contributed by atoms with van der Waals surface area (Å²) >= 11 is 4.45. The lowest BCUT2D eigenvalue weighted by atomic mass is 9.98. The lowest BCUT2D eigenvalue weighted by Crippen LogP contribution is -2.13. The number of allylic oxidation sites excluding steroid dienone is 3. The van der Waals surface area contributed by atoms with E-state index >= 15 is 0 Å². The van der Waals surface area contributed by atoms with E-state index in [0.717, 1.165) is 25.4 Å². The smallest absolute Gasteiger partial charge is 0.265 e. The zero-order valence-corrected chi connectivity index (χ0v) is 16.9. The van der Waals surface area contributed by atoms with Crippen molar-refractivity contribution in [1.82, 2.24) is 9.97 Å². The number of rotatable bonds is 3. The van der Waals surface area contributed by atoms with Crippen molar-refractivity contribution < 1.29 is 9.72 Å². The van der Waals surface area contributed by atoms with Crippen molar-refractivity contribution in [3.63, 3.8) is 0 Å². The summed E-state index contributed by atoms with van der Waals surface area (Å²) in [7, 11) is 0. The minimum atomic E-state index is -0.411. The summed E-state index contributed by atoms with van der Waals surface area (Å²) in [5.74, 6) is -0.391. The molecule has 2 atom stereocenters. The second kappa shape index (κ2) is 6.50. The number of fused-ring (bicyclic) bond motifs is 4. The average Bonchev–Trinajstić information content (AvgIpc) is 3.35. The molecule has 7 nitrogen and oxygen atoms in total. The lowest BCUT2D eigenvalue weighted by molar-refractivity contribution is -0.419. The number of anilines is 1. The van der Waals surface area contributed by atoms with Gasteiger partial charge in [0.1, 0.15) is 5.52 Å². The number of thiazole rings is 2. The Morgan fingerprint density at radius 1 is 1.25 bits per heavy atom. The van der Waals surface area contributed by atoms with Gasteiger partial charge in [0.15, 0.2) is 5.13 Å². The zero-order chi connectivity index (χ0) is 19.4. The van der Waals surface area contributed by atoms with E-state index in [1.54, 1.807) is 29.6 Å². The Morgan fingerprint density at radius 3 is 2.93 bits per heavy atom. The molecule has 140 valence electrons. The maximum absolute atomic E-state index is 12.7. The van der Waals surface area contributed by atoms with Crippen LogP contribution in [0.15, 0.2) is 47.0 Å². The van der Waals surface area contributed by atoms with Crippen LogP contribution in [0.4, 0.5) is 5.13 Å². The van der Waals surface area contributed by atoms with Crippen molar-refractivity contribution in [2.45, 2.75) is 12.2 Å². The Morgan fingerprint density at radius 2 is 2.11 bits per heavy atom. The first-order chi connectivity index (χ1) is 13.5. The van der Waals surface area contributed by atoms with E-state index in [-0.39, 0.29) is 22.8 Å². The van der Waals surface area contributed by atoms with Gasteiger partial charge in [-0.1, -0.05) is 23.5 Å².